The number of rotatable bonds is 5. The summed E-state index contributed by atoms with van der Waals surface area (Å²) in [5, 5.41) is 3.33. The van der Waals surface area contributed by atoms with Gasteiger partial charge in [0.2, 0.25) is 11.8 Å². The van der Waals surface area contributed by atoms with Crippen LogP contribution in [0.3, 0.4) is 0 Å². The van der Waals surface area contributed by atoms with Crippen LogP contribution in [0.15, 0.2) is 24.3 Å². The molecule has 0 unspecified atom stereocenters. The lowest BCUT2D eigenvalue weighted by Crippen LogP contribution is -2.51. The third kappa shape index (κ3) is 5.01. The number of piperazine rings is 1. The molecule has 1 N–H and O–H groups in total. The standard InChI is InChI=1S/C19H26FN3O2/c20-17-3-1-2-16(12-17)13-22-10-11-23(14-19(22)25)18(24)5-4-15-6-8-21-9-7-15/h1-3,12,15,21H,4-11,13-14H2. The van der Waals surface area contributed by atoms with Gasteiger partial charge in [-0.05, 0) is 56.0 Å². The molecular formula is C19H26FN3O2. The van der Waals surface area contributed by atoms with E-state index in [9.17, 15) is 14.0 Å². The molecule has 3 rings (SSSR count). The quantitative estimate of drug-likeness (QED) is 0.883. The lowest BCUT2D eigenvalue weighted by atomic mass is 9.93. The molecule has 0 aliphatic carbocycles. The van der Waals surface area contributed by atoms with Crippen LogP contribution >= 0.6 is 0 Å². The minimum absolute atomic E-state index is 0.0641. The van der Waals surface area contributed by atoms with E-state index in [0.29, 0.717) is 32.0 Å². The molecule has 1 aromatic carbocycles. The summed E-state index contributed by atoms with van der Waals surface area (Å²) < 4.78 is 13.3. The summed E-state index contributed by atoms with van der Waals surface area (Å²) in [6, 6.07) is 6.30. The maximum atomic E-state index is 13.3. The van der Waals surface area contributed by atoms with Gasteiger partial charge in [0.25, 0.3) is 0 Å². The first-order valence-electron chi connectivity index (χ1n) is 9.12. The zero-order valence-corrected chi connectivity index (χ0v) is 14.5. The van der Waals surface area contributed by atoms with Gasteiger partial charge in [-0.3, -0.25) is 9.59 Å². The van der Waals surface area contributed by atoms with Crippen molar-refractivity contribution >= 4 is 11.8 Å². The average molecular weight is 347 g/mol. The number of halogens is 1. The van der Waals surface area contributed by atoms with E-state index in [-0.39, 0.29) is 24.2 Å². The number of piperidine rings is 1. The van der Waals surface area contributed by atoms with Crippen molar-refractivity contribution in [1.82, 2.24) is 15.1 Å². The van der Waals surface area contributed by atoms with Gasteiger partial charge in [-0.2, -0.15) is 0 Å². The summed E-state index contributed by atoms with van der Waals surface area (Å²) in [5.74, 6) is 0.342. The van der Waals surface area contributed by atoms with Crippen molar-refractivity contribution < 1.29 is 14.0 Å². The second kappa shape index (κ2) is 8.43. The highest BCUT2D eigenvalue weighted by molar-refractivity contribution is 5.86. The van der Waals surface area contributed by atoms with Crippen LogP contribution in [-0.4, -0.2) is 54.3 Å². The van der Waals surface area contributed by atoms with Gasteiger partial charge in [-0.1, -0.05) is 12.1 Å². The van der Waals surface area contributed by atoms with Crippen molar-refractivity contribution in [3.05, 3.63) is 35.6 Å². The molecule has 136 valence electrons. The Morgan fingerprint density at radius 1 is 1.24 bits per heavy atom. The van der Waals surface area contributed by atoms with E-state index in [1.165, 1.54) is 12.1 Å². The molecule has 0 spiro atoms. The number of amides is 2. The molecule has 0 aromatic heterocycles. The van der Waals surface area contributed by atoms with Crippen LogP contribution in [0, 0.1) is 11.7 Å². The fourth-order valence-corrected chi connectivity index (χ4v) is 3.60. The van der Waals surface area contributed by atoms with Crippen molar-refractivity contribution in [2.24, 2.45) is 5.92 Å². The van der Waals surface area contributed by atoms with Crippen molar-refractivity contribution in [3.8, 4) is 0 Å². The number of hydrogen-bond donors (Lipinski definition) is 1. The number of nitrogens with zero attached hydrogens (tertiary/aromatic N) is 2. The van der Waals surface area contributed by atoms with E-state index in [2.05, 4.69) is 5.32 Å². The Balaban J connectivity index is 1.45. The van der Waals surface area contributed by atoms with E-state index >= 15 is 0 Å². The molecule has 2 aliphatic rings. The molecule has 0 atom stereocenters. The molecular weight excluding hydrogens is 321 g/mol. The Labute approximate surface area is 148 Å². The van der Waals surface area contributed by atoms with Crippen LogP contribution in [0.25, 0.3) is 0 Å². The second-order valence-corrected chi connectivity index (χ2v) is 6.99. The van der Waals surface area contributed by atoms with Crippen molar-refractivity contribution in [2.75, 3.05) is 32.7 Å². The van der Waals surface area contributed by atoms with Crippen LogP contribution in [0.1, 0.15) is 31.2 Å². The Morgan fingerprint density at radius 3 is 2.76 bits per heavy atom. The Hall–Kier alpha value is -1.95. The SMILES string of the molecule is O=C(CCC1CCNCC1)N1CCN(Cc2cccc(F)c2)C(=O)C1. The van der Waals surface area contributed by atoms with Gasteiger partial charge in [0, 0.05) is 26.1 Å². The first-order chi connectivity index (χ1) is 12.1. The zero-order valence-electron chi connectivity index (χ0n) is 14.5. The zero-order chi connectivity index (χ0) is 17.6. The van der Waals surface area contributed by atoms with Crippen LogP contribution in [0.5, 0.6) is 0 Å². The van der Waals surface area contributed by atoms with Crippen molar-refractivity contribution in [1.29, 1.82) is 0 Å². The fourth-order valence-electron chi connectivity index (χ4n) is 3.60. The summed E-state index contributed by atoms with van der Waals surface area (Å²) in [5.41, 5.74) is 0.777. The number of nitrogens with one attached hydrogen (secondary N) is 1. The highest BCUT2D eigenvalue weighted by atomic mass is 19.1. The normalized spacial score (nSPS) is 19.3. The minimum atomic E-state index is -0.295. The van der Waals surface area contributed by atoms with Gasteiger partial charge in [0.05, 0.1) is 6.54 Å². The largest absolute Gasteiger partial charge is 0.335 e. The summed E-state index contributed by atoms with van der Waals surface area (Å²) in [6.45, 7) is 3.68. The summed E-state index contributed by atoms with van der Waals surface area (Å²) in [4.78, 5) is 28.1. The van der Waals surface area contributed by atoms with Gasteiger partial charge in [-0.25, -0.2) is 4.39 Å². The molecule has 0 saturated carbocycles. The smallest absolute Gasteiger partial charge is 0.242 e. The molecule has 2 aliphatic heterocycles. The number of carbonyl (C=O) groups excluding carboxylic acids is 2. The first kappa shape index (κ1) is 17.9. The highest BCUT2D eigenvalue weighted by Gasteiger charge is 2.27. The number of benzene rings is 1. The molecule has 0 bridgehead atoms. The third-order valence-electron chi connectivity index (χ3n) is 5.16. The molecule has 0 radical (unpaired) electrons. The number of hydrogen-bond acceptors (Lipinski definition) is 3. The average Bonchev–Trinajstić information content (AvgIpc) is 2.62. The Kier molecular flexibility index (Phi) is 6.02. The summed E-state index contributed by atoms with van der Waals surface area (Å²) in [6.07, 6.45) is 3.71. The van der Waals surface area contributed by atoms with Gasteiger partial charge in [0.15, 0.2) is 0 Å². The number of carbonyl (C=O) groups is 2. The van der Waals surface area contributed by atoms with Crippen LogP contribution in [-0.2, 0) is 16.1 Å². The first-order valence-corrected chi connectivity index (χ1v) is 9.12. The van der Waals surface area contributed by atoms with Crippen molar-refractivity contribution in [3.63, 3.8) is 0 Å². The molecule has 2 amide bonds. The van der Waals surface area contributed by atoms with E-state index in [4.69, 9.17) is 0 Å². The van der Waals surface area contributed by atoms with Crippen LogP contribution in [0.2, 0.25) is 0 Å². The fraction of sp³-hybridized carbons (Fsp3) is 0.579. The van der Waals surface area contributed by atoms with Gasteiger partial charge >= 0.3 is 0 Å². The van der Waals surface area contributed by atoms with Crippen LogP contribution in [0.4, 0.5) is 4.39 Å². The molecule has 2 saturated heterocycles. The summed E-state index contributed by atoms with van der Waals surface area (Å²) >= 11 is 0. The highest BCUT2D eigenvalue weighted by Crippen LogP contribution is 2.19. The molecule has 6 heteroatoms. The predicted molar refractivity (Wildman–Crippen MR) is 93.2 cm³/mol. The van der Waals surface area contributed by atoms with E-state index < -0.39 is 0 Å². The minimum Gasteiger partial charge on any atom is -0.335 e. The van der Waals surface area contributed by atoms with E-state index in [0.717, 1.165) is 37.9 Å². The maximum absolute atomic E-state index is 13.3. The predicted octanol–water partition coefficient (Wildman–Crippen LogP) is 1.78. The molecule has 2 heterocycles. The molecule has 5 nitrogen and oxygen atoms in total. The van der Waals surface area contributed by atoms with Gasteiger partial charge in [-0.15, -0.1) is 0 Å². The van der Waals surface area contributed by atoms with Gasteiger partial charge in [0.1, 0.15) is 5.82 Å². The Bertz CT molecular complexity index is 616. The lowest BCUT2D eigenvalue weighted by molar-refractivity contribution is -0.145. The molecule has 25 heavy (non-hydrogen) atoms. The molecule has 2 fully saturated rings. The Morgan fingerprint density at radius 2 is 2.04 bits per heavy atom. The third-order valence-corrected chi connectivity index (χ3v) is 5.16. The van der Waals surface area contributed by atoms with E-state index in [1.54, 1.807) is 15.9 Å². The van der Waals surface area contributed by atoms with Gasteiger partial charge < -0.3 is 15.1 Å². The lowest BCUT2D eigenvalue weighted by Gasteiger charge is -2.34. The van der Waals surface area contributed by atoms with Crippen molar-refractivity contribution in [2.45, 2.75) is 32.2 Å². The monoisotopic (exact) mass is 347 g/mol. The second-order valence-electron chi connectivity index (χ2n) is 6.99. The van der Waals surface area contributed by atoms with Crippen LogP contribution < -0.4 is 5.32 Å². The maximum Gasteiger partial charge on any atom is 0.242 e. The summed E-state index contributed by atoms with van der Waals surface area (Å²) in [7, 11) is 0. The van der Waals surface area contributed by atoms with E-state index in [1.807, 2.05) is 6.07 Å². The molecule has 1 aromatic rings. The topological polar surface area (TPSA) is 52.7 Å².